The van der Waals surface area contributed by atoms with Crippen LogP contribution in [0.5, 0.6) is 5.75 Å². The maximum atomic E-state index is 10.9. The minimum Gasteiger partial charge on any atom is -0.494 e. The number of carbonyl (C=O) groups is 1. The molecule has 0 unspecified atom stereocenters. The van der Waals surface area contributed by atoms with Crippen molar-refractivity contribution < 1.29 is 9.53 Å². The Hall–Kier alpha value is -1.59. The summed E-state index contributed by atoms with van der Waals surface area (Å²) in [6, 6.07) is 12.3. The van der Waals surface area contributed by atoms with Crippen LogP contribution in [0.3, 0.4) is 0 Å². The summed E-state index contributed by atoms with van der Waals surface area (Å²) in [5.74, 6) is 5.78. The summed E-state index contributed by atoms with van der Waals surface area (Å²) in [7, 11) is 0. The summed E-state index contributed by atoms with van der Waals surface area (Å²) in [4.78, 5) is 10.9. The van der Waals surface area contributed by atoms with Crippen molar-refractivity contribution in [1.82, 2.24) is 5.43 Å². The van der Waals surface area contributed by atoms with Crippen LogP contribution < -0.4 is 16.0 Å². The molecule has 112 valence electrons. The summed E-state index contributed by atoms with van der Waals surface area (Å²) >= 11 is 3.46. The first kappa shape index (κ1) is 15.8. The minimum absolute atomic E-state index is 0.114. The van der Waals surface area contributed by atoms with Crippen molar-refractivity contribution in [3.63, 3.8) is 0 Å². The molecule has 0 aliphatic carbocycles. The second kappa shape index (κ2) is 8.00. The first-order valence-electron chi connectivity index (χ1n) is 7.00. The molecule has 0 heterocycles. The molecule has 0 spiro atoms. The Labute approximate surface area is 132 Å². The van der Waals surface area contributed by atoms with E-state index in [1.165, 1.54) is 5.39 Å². The first-order valence-corrected chi connectivity index (χ1v) is 7.80. The highest BCUT2D eigenvalue weighted by molar-refractivity contribution is 9.10. The van der Waals surface area contributed by atoms with E-state index in [0.717, 1.165) is 34.9 Å². The molecule has 0 fully saturated rings. The SMILES string of the molecule is NNC(=O)CCCCCOc1ccc2cc(Br)ccc2c1. The number of benzene rings is 2. The molecule has 21 heavy (non-hydrogen) atoms. The molecule has 2 aromatic rings. The average molecular weight is 351 g/mol. The third-order valence-electron chi connectivity index (χ3n) is 3.25. The summed E-state index contributed by atoms with van der Waals surface area (Å²) in [6.07, 6.45) is 3.18. The van der Waals surface area contributed by atoms with E-state index in [4.69, 9.17) is 10.6 Å². The van der Waals surface area contributed by atoms with Crippen LogP contribution in [0, 0.1) is 0 Å². The number of hydrazine groups is 1. The molecule has 0 bridgehead atoms. The van der Waals surface area contributed by atoms with Gasteiger partial charge in [0.25, 0.3) is 0 Å². The zero-order valence-corrected chi connectivity index (χ0v) is 13.4. The molecule has 0 aliphatic rings. The molecule has 5 heteroatoms. The zero-order valence-electron chi connectivity index (χ0n) is 11.8. The molecule has 3 N–H and O–H groups in total. The van der Waals surface area contributed by atoms with Gasteiger partial charge in [0.2, 0.25) is 5.91 Å². The quantitative estimate of drug-likeness (QED) is 0.347. The number of halogens is 1. The molecule has 0 saturated heterocycles. The van der Waals surface area contributed by atoms with Crippen LogP contribution in [0.1, 0.15) is 25.7 Å². The third-order valence-corrected chi connectivity index (χ3v) is 3.74. The highest BCUT2D eigenvalue weighted by Gasteiger charge is 2.00. The Bertz CT molecular complexity index is 616. The Morgan fingerprint density at radius 1 is 1.10 bits per heavy atom. The van der Waals surface area contributed by atoms with Crippen molar-refractivity contribution in [2.45, 2.75) is 25.7 Å². The highest BCUT2D eigenvalue weighted by atomic mass is 79.9. The molecule has 0 radical (unpaired) electrons. The predicted octanol–water partition coefficient (Wildman–Crippen LogP) is 3.53. The normalized spacial score (nSPS) is 10.6. The van der Waals surface area contributed by atoms with Crippen LogP contribution >= 0.6 is 15.9 Å². The van der Waals surface area contributed by atoms with Crippen LogP contribution in [-0.4, -0.2) is 12.5 Å². The average Bonchev–Trinajstić information content (AvgIpc) is 2.50. The third kappa shape index (κ3) is 5.02. The van der Waals surface area contributed by atoms with Gasteiger partial charge in [0.15, 0.2) is 0 Å². The lowest BCUT2D eigenvalue weighted by molar-refractivity contribution is -0.121. The summed E-state index contributed by atoms with van der Waals surface area (Å²) in [6.45, 7) is 0.659. The molecule has 0 saturated carbocycles. The van der Waals surface area contributed by atoms with Gasteiger partial charge < -0.3 is 4.74 Å². The first-order chi connectivity index (χ1) is 10.2. The van der Waals surface area contributed by atoms with Crippen molar-refractivity contribution in [3.8, 4) is 5.75 Å². The number of unbranched alkanes of at least 4 members (excludes halogenated alkanes) is 2. The molecule has 2 aromatic carbocycles. The van der Waals surface area contributed by atoms with Gasteiger partial charge in [-0.1, -0.05) is 28.1 Å². The van der Waals surface area contributed by atoms with E-state index in [2.05, 4.69) is 39.6 Å². The lowest BCUT2D eigenvalue weighted by Gasteiger charge is -2.07. The van der Waals surface area contributed by atoms with Gasteiger partial charge in [0.05, 0.1) is 6.61 Å². The molecular weight excluding hydrogens is 332 g/mol. The van der Waals surface area contributed by atoms with Gasteiger partial charge in [-0.2, -0.15) is 0 Å². The smallest absolute Gasteiger partial charge is 0.233 e. The van der Waals surface area contributed by atoms with E-state index < -0.39 is 0 Å². The number of carbonyl (C=O) groups excluding carboxylic acids is 1. The monoisotopic (exact) mass is 350 g/mol. The van der Waals surface area contributed by atoms with Crippen molar-refractivity contribution >= 4 is 32.6 Å². The number of nitrogens with one attached hydrogen (secondary N) is 1. The van der Waals surface area contributed by atoms with Gasteiger partial charge in [0, 0.05) is 10.9 Å². The fraction of sp³-hybridized carbons (Fsp3) is 0.312. The van der Waals surface area contributed by atoms with Crippen molar-refractivity contribution in [2.75, 3.05) is 6.61 Å². The molecule has 0 aliphatic heterocycles. The van der Waals surface area contributed by atoms with Gasteiger partial charge in [0.1, 0.15) is 5.75 Å². The molecule has 1 amide bonds. The van der Waals surface area contributed by atoms with E-state index in [1.54, 1.807) is 0 Å². The fourth-order valence-corrected chi connectivity index (χ4v) is 2.49. The lowest BCUT2D eigenvalue weighted by Crippen LogP contribution is -2.29. The Morgan fingerprint density at radius 2 is 1.86 bits per heavy atom. The number of ether oxygens (including phenoxy) is 1. The summed E-state index contributed by atoms with van der Waals surface area (Å²) in [5, 5.41) is 2.35. The maximum Gasteiger partial charge on any atom is 0.233 e. The second-order valence-electron chi connectivity index (χ2n) is 4.88. The van der Waals surface area contributed by atoms with Crippen molar-refractivity contribution in [2.24, 2.45) is 5.84 Å². The van der Waals surface area contributed by atoms with Crippen molar-refractivity contribution in [3.05, 3.63) is 40.9 Å². The van der Waals surface area contributed by atoms with Gasteiger partial charge in [-0.05, 0) is 54.3 Å². The highest BCUT2D eigenvalue weighted by Crippen LogP contribution is 2.24. The van der Waals surface area contributed by atoms with Crippen LogP contribution in [0.4, 0.5) is 0 Å². The molecule has 2 rings (SSSR count). The van der Waals surface area contributed by atoms with E-state index in [9.17, 15) is 4.79 Å². The second-order valence-corrected chi connectivity index (χ2v) is 5.80. The van der Waals surface area contributed by atoms with Crippen LogP contribution in [0.2, 0.25) is 0 Å². The Balaban J connectivity index is 1.76. The predicted molar refractivity (Wildman–Crippen MR) is 87.9 cm³/mol. The van der Waals surface area contributed by atoms with Crippen LogP contribution in [-0.2, 0) is 4.79 Å². The van der Waals surface area contributed by atoms with Crippen LogP contribution in [0.25, 0.3) is 10.8 Å². The number of hydrogen-bond donors (Lipinski definition) is 2. The molecule has 0 atom stereocenters. The van der Waals surface area contributed by atoms with Gasteiger partial charge in [-0.3, -0.25) is 10.2 Å². The number of fused-ring (bicyclic) bond motifs is 1. The topological polar surface area (TPSA) is 64.3 Å². The van der Waals surface area contributed by atoms with Gasteiger partial charge in [-0.25, -0.2) is 5.84 Å². The number of hydrogen-bond acceptors (Lipinski definition) is 3. The standard InChI is InChI=1S/C16H19BrN2O2/c17-14-7-5-13-11-15(8-6-12(13)10-14)21-9-3-1-2-4-16(20)19-18/h5-8,10-11H,1-4,9,18H2,(H,19,20). The van der Waals surface area contributed by atoms with Crippen molar-refractivity contribution in [1.29, 1.82) is 0 Å². The number of amides is 1. The zero-order chi connectivity index (χ0) is 15.1. The van der Waals surface area contributed by atoms with Gasteiger partial charge in [-0.15, -0.1) is 0 Å². The fourth-order valence-electron chi connectivity index (χ4n) is 2.11. The Morgan fingerprint density at radius 3 is 2.67 bits per heavy atom. The van der Waals surface area contributed by atoms with Crippen LogP contribution in [0.15, 0.2) is 40.9 Å². The lowest BCUT2D eigenvalue weighted by atomic mass is 10.1. The maximum absolute atomic E-state index is 10.9. The molecule has 0 aromatic heterocycles. The number of rotatable bonds is 7. The van der Waals surface area contributed by atoms with E-state index in [1.807, 2.05) is 18.2 Å². The molecule has 4 nitrogen and oxygen atoms in total. The van der Waals surface area contributed by atoms with Gasteiger partial charge >= 0.3 is 0 Å². The van der Waals surface area contributed by atoms with E-state index in [-0.39, 0.29) is 5.91 Å². The summed E-state index contributed by atoms with van der Waals surface area (Å²) in [5.41, 5.74) is 2.13. The largest absolute Gasteiger partial charge is 0.494 e. The molecular formula is C16H19BrN2O2. The Kier molecular flexibility index (Phi) is 6.02. The van der Waals surface area contributed by atoms with E-state index >= 15 is 0 Å². The van der Waals surface area contributed by atoms with E-state index in [0.29, 0.717) is 13.0 Å². The summed E-state index contributed by atoms with van der Waals surface area (Å²) < 4.78 is 6.82. The minimum atomic E-state index is -0.114. The number of nitrogens with two attached hydrogens (primary N) is 1.